The molecule has 1 aliphatic rings. The second-order valence-electron chi connectivity index (χ2n) is 4.11. The highest BCUT2D eigenvalue weighted by Gasteiger charge is 2.27. The van der Waals surface area contributed by atoms with Crippen molar-refractivity contribution < 1.29 is 14.4 Å². The molecular formula is C10H15N3O3. The Morgan fingerprint density at radius 3 is 3.06 bits per heavy atom. The zero-order valence-corrected chi connectivity index (χ0v) is 9.14. The van der Waals surface area contributed by atoms with Crippen molar-refractivity contribution in [2.45, 2.75) is 6.92 Å². The molecule has 1 aliphatic heterocycles. The van der Waals surface area contributed by atoms with Crippen molar-refractivity contribution in [2.75, 3.05) is 31.6 Å². The van der Waals surface area contributed by atoms with Crippen LogP contribution in [-0.4, -0.2) is 47.3 Å². The van der Waals surface area contributed by atoms with Gasteiger partial charge in [-0.25, -0.2) is 0 Å². The molecule has 0 spiro atoms. The maximum atomic E-state index is 11.5. The van der Waals surface area contributed by atoms with E-state index in [0.717, 1.165) is 13.1 Å². The summed E-state index contributed by atoms with van der Waals surface area (Å²) >= 11 is 0. The molecule has 1 aromatic heterocycles. The average Bonchev–Trinajstić information content (AvgIpc) is 2.57. The number of carbonyl (C=O) groups excluding carboxylic acids is 1. The van der Waals surface area contributed by atoms with E-state index in [2.05, 4.69) is 10.5 Å². The minimum absolute atomic E-state index is 0.107. The van der Waals surface area contributed by atoms with E-state index >= 15 is 0 Å². The van der Waals surface area contributed by atoms with E-state index in [1.165, 1.54) is 0 Å². The van der Waals surface area contributed by atoms with Gasteiger partial charge in [0.2, 0.25) is 5.91 Å². The third kappa shape index (κ3) is 2.59. The van der Waals surface area contributed by atoms with Crippen LogP contribution in [0.2, 0.25) is 0 Å². The summed E-state index contributed by atoms with van der Waals surface area (Å²) in [5.41, 5.74) is 0. The Bertz CT molecular complexity index is 371. The molecule has 2 heterocycles. The fraction of sp³-hybridized carbons (Fsp3) is 0.600. The fourth-order valence-electron chi connectivity index (χ4n) is 1.73. The highest BCUT2D eigenvalue weighted by Crippen LogP contribution is 2.14. The van der Waals surface area contributed by atoms with E-state index in [1.807, 2.05) is 4.90 Å². The number of amides is 1. The summed E-state index contributed by atoms with van der Waals surface area (Å²) in [7, 11) is 0. The van der Waals surface area contributed by atoms with Crippen LogP contribution in [0.3, 0.4) is 0 Å². The van der Waals surface area contributed by atoms with Crippen LogP contribution in [0.25, 0.3) is 0 Å². The van der Waals surface area contributed by atoms with Gasteiger partial charge in [0, 0.05) is 31.7 Å². The standard InChI is InChI=1S/C10H15N3O3/c1-7-2-9(12-16-7)11-10(15)5-13-3-8(4-13)6-14/h2,8,14H,3-6H2,1H3,(H,11,12,15). The molecule has 0 atom stereocenters. The van der Waals surface area contributed by atoms with E-state index in [-0.39, 0.29) is 12.5 Å². The molecule has 2 N–H and O–H groups in total. The number of aliphatic hydroxyl groups excluding tert-OH is 1. The summed E-state index contributed by atoms with van der Waals surface area (Å²) < 4.78 is 4.83. The first kappa shape index (κ1) is 11.1. The van der Waals surface area contributed by atoms with Crippen molar-refractivity contribution in [3.05, 3.63) is 11.8 Å². The van der Waals surface area contributed by atoms with Gasteiger partial charge in [-0.3, -0.25) is 9.69 Å². The Labute approximate surface area is 93.2 Å². The molecule has 0 aliphatic carbocycles. The van der Waals surface area contributed by atoms with E-state index in [1.54, 1.807) is 13.0 Å². The summed E-state index contributed by atoms with van der Waals surface area (Å²) in [6, 6.07) is 1.67. The van der Waals surface area contributed by atoms with Crippen LogP contribution in [0.5, 0.6) is 0 Å². The normalized spacial score (nSPS) is 17.1. The average molecular weight is 225 g/mol. The second-order valence-corrected chi connectivity index (χ2v) is 4.11. The Hall–Kier alpha value is -1.40. The largest absolute Gasteiger partial charge is 0.396 e. The maximum absolute atomic E-state index is 11.5. The molecule has 1 amide bonds. The molecule has 0 aromatic carbocycles. The van der Waals surface area contributed by atoms with Crippen molar-refractivity contribution in [3.63, 3.8) is 0 Å². The number of hydrogen-bond acceptors (Lipinski definition) is 5. The highest BCUT2D eigenvalue weighted by atomic mass is 16.5. The fourth-order valence-corrected chi connectivity index (χ4v) is 1.73. The van der Waals surface area contributed by atoms with Gasteiger partial charge in [0.15, 0.2) is 5.82 Å². The number of aryl methyl sites for hydroxylation is 1. The Morgan fingerprint density at radius 1 is 1.75 bits per heavy atom. The van der Waals surface area contributed by atoms with Crippen LogP contribution in [0.15, 0.2) is 10.6 Å². The van der Waals surface area contributed by atoms with Gasteiger partial charge >= 0.3 is 0 Å². The van der Waals surface area contributed by atoms with E-state index in [9.17, 15) is 4.79 Å². The van der Waals surface area contributed by atoms with Crippen LogP contribution in [0.1, 0.15) is 5.76 Å². The zero-order valence-electron chi connectivity index (χ0n) is 9.14. The van der Waals surface area contributed by atoms with Crippen LogP contribution in [-0.2, 0) is 4.79 Å². The number of nitrogens with zero attached hydrogens (tertiary/aromatic N) is 2. The molecule has 0 bridgehead atoms. The Balaban J connectivity index is 1.73. The SMILES string of the molecule is Cc1cc(NC(=O)CN2CC(CO)C2)no1. The lowest BCUT2D eigenvalue weighted by Gasteiger charge is -2.37. The van der Waals surface area contributed by atoms with Crippen LogP contribution in [0, 0.1) is 12.8 Å². The summed E-state index contributed by atoms with van der Waals surface area (Å²) in [4.78, 5) is 13.5. The Kier molecular flexibility index (Phi) is 3.21. The van der Waals surface area contributed by atoms with E-state index in [0.29, 0.717) is 24.0 Å². The zero-order chi connectivity index (χ0) is 11.5. The molecule has 0 unspecified atom stereocenters. The minimum atomic E-state index is -0.107. The van der Waals surface area contributed by atoms with Gasteiger partial charge in [-0.2, -0.15) is 0 Å². The minimum Gasteiger partial charge on any atom is -0.396 e. The molecule has 1 saturated heterocycles. The first-order chi connectivity index (χ1) is 7.67. The smallest absolute Gasteiger partial charge is 0.239 e. The van der Waals surface area contributed by atoms with Crippen LogP contribution in [0.4, 0.5) is 5.82 Å². The number of anilines is 1. The van der Waals surface area contributed by atoms with E-state index < -0.39 is 0 Å². The molecule has 2 rings (SSSR count). The van der Waals surface area contributed by atoms with Gasteiger partial charge in [0.25, 0.3) is 0 Å². The number of aliphatic hydroxyl groups is 1. The van der Waals surface area contributed by atoms with Crippen LogP contribution < -0.4 is 5.32 Å². The van der Waals surface area contributed by atoms with Gasteiger partial charge < -0.3 is 14.9 Å². The monoisotopic (exact) mass is 225 g/mol. The van der Waals surface area contributed by atoms with Gasteiger partial charge in [0.05, 0.1) is 6.54 Å². The predicted octanol–water partition coefficient (Wildman–Crippen LogP) is -0.154. The van der Waals surface area contributed by atoms with Gasteiger partial charge in [-0.1, -0.05) is 5.16 Å². The molecule has 6 heteroatoms. The maximum Gasteiger partial charge on any atom is 0.239 e. The van der Waals surface area contributed by atoms with Crippen molar-refractivity contribution in [1.82, 2.24) is 10.1 Å². The van der Waals surface area contributed by atoms with Gasteiger partial charge in [0.1, 0.15) is 5.76 Å². The molecule has 16 heavy (non-hydrogen) atoms. The third-order valence-corrected chi connectivity index (χ3v) is 2.55. The predicted molar refractivity (Wildman–Crippen MR) is 56.9 cm³/mol. The number of nitrogens with one attached hydrogen (secondary N) is 1. The summed E-state index contributed by atoms with van der Waals surface area (Å²) in [6.45, 7) is 3.86. The molecular weight excluding hydrogens is 210 g/mol. The molecule has 88 valence electrons. The van der Waals surface area contributed by atoms with Crippen molar-refractivity contribution in [3.8, 4) is 0 Å². The number of carbonyl (C=O) groups is 1. The first-order valence-electron chi connectivity index (χ1n) is 5.23. The summed E-state index contributed by atoms with van der Waals surface area (Å²) in [5, 5.41) is 15.1. The number of likely N-dealkylation sites (tertiary alicyclic amines) is 1. The highest BCUT2D eigenvalue weighted by molar-refractivity contribution is 5.91. The first-order valence-corrected chi connectivity index (χ1v) is 5.23. The van der Waals surface area contributed by atoms with Crippen molar-refractivity contribution in [1.29, 1.82) is 0 Å². The summed E-state index contributed by atoms with van der Waals surface area (Å²) in [5.74, 6) is 1.33. The quantitative estimate of drug-likeness (QED) is 0.744. The Morgan fingerprint density at radius 2 is 2.50 bits per heavy atom. The van der Waals surface area contributed by atoms with Crippen molar-refractivity contribution in [2.24, 2.45) is 5.92 Å². The molecule has 1 aromatic rings. The number of aromatic nitrogens is 1. The lowest BCUT2D eigenvalue weighted by molar-refractivity contribution is -0.119. The number of hydrogen-bond donors (Lipinski definition) is 2. The third-order valence-electron chi connectivity index (χ3n) is 2.55. The van der Waals surface area contributed by atoms with Gasteiger partial charge in [-0.05, 0) is 6.92 Å². The second kappa shape index (κ2) is 4.63. The van der Waals surface area contributed by atoms with Crippen LogP contribution >= 0.6 is 0 Å². The number of rotatable bonds is 4. The van der Waals surface area contributed by atoms with E-state index in [4.69, 9.17) is 9.63 Å². The molecule has 6 nitrogen and oxygen atoms in total. The topological polar surface area (TPSA) is 78.6 Å². The molecule has 0 saturated carbocycles. The lowest BCUT2D eigenvalue weighted by atomic mass is 10.0. The summed E-state index contributed by atoms with van der Waals surface area (Å²) in [6.07, 6.45) is 0. The van der Waals surface area contributed by atoms with Crippen molar-refractivity contribution >= 4 is 11.7 Å². The molecule has 0 radical (unpaired) electrons. The lowest BCUT2D eigenvalue weighted by Crippen LogP contribution is -2.51. The van der Waals surface area contributed by atoms with Gasteiger partial charge in [-0.15, -0.1) is 0 Å². The molecule has 1 fully saturated rings.